The summed E-state index contributed by atoms with van der Waals surface area (Å²) in [5, 5.41) is 4.70. The number of carbonyl (C=O) groups is 1. The fourth-order valence-corrected chi connectivity index (χ4v) is 3.58. The highest BCUT2D eigenvalue weighted by atomic mass is 35.5. The molecular weight excluding hydrogens is 328 g/mol. The van der Waals surface area contributed by atoms with Crippen molar-refractivity contribution in [2.45, 2.75) is 19.3 Å². The van der Waals surface area contributed by atoms with Crippen molar-refractivity contribution < 1.29 is 4.79 Å². The molecule has 2 aromatic carbocycles. The molecule has 5 heteroatoms. The highest BCUT2D eigenvalue weighted by Crippen LogP contribution is 2.22. The van der Waals surface area contributed by atoms with Crippen molar-refractivity contribution in [2.24, 2.45) is 0 Å². The Morgan fingerprint density at radius 3 is 2.74 bits per heavy atom. The fraction of sp³-hybridized carbons (Fsp3) is 0.222. The van der Waals surface area contributed by atoms with E-state index in [4.69, 9.17) is 11.6 Å². The molecule has 0 fully saturated rings. The molecule has 3 aromatic rings. The standard InChI is InChI=1S/C18H17ClN2OS/c19-14-7-2-1-6-13(14)12-17(22)20-11-5-10-18-21-15-8-3-4-9-16(15)23-18/h1-4,6-9H,5,10-12H2,(H,20,22). The van der Waals surface area contributed by atoms with Gasteiger partial charge in [0.15, 0.2) is 0 Å². The molecule has 1 aromatic heterocycles. The molecule has 0 atom stereocenters. The van der Waals surface area contributed by atoms with E-state index in [1.165, 1.54) is 4.70 Å². The number of para-hydroxylation sites is 1. The molecule has 0 aliphatic carbocycles. The lowest BCUT2D eigenvalue weighted by Gasteiger charge is -2.06. The van der Waals surface area contributed by atoms with Crippen LogP contribution in [0.3, 0.4) is 0 Å². The lowest BCUT2D eigenvalue weighted by Crippen LogP contribution is -2.26. The molecule has 3 rings (SSSR count). The fourth-order valence-electron chi connectivity index (χ4n) is 2.37. The summed E-state index contributed by atoms with van der Waals surface area (Å²) >= 11 is 7.78. The minimum Gasteiger partial charge on any atom is -0.356 e. The highest BCUT2D eigenvalue weighted by Gasteiger charge is 2.07. The number of amides is 1. The molecule has 0 saturated carbocycles. The number of nitrogens with zero attached hydrogens (tertiary/aromatic N) is 1. The Balaban J connectivity index is 1.44. The SMILES string of the molecule is O=C(Cc1ccccc1Cl)NCCCc1nc2ccccc2s1. The van der Waals surface area contributed by atoms with E-state index in [9.17, 15) is 4.79 Å². The van der Waals surface area contributed by atoms with Gasteiger partial charge >= 0.3 is 0 Å². The monoisotopic (exact) mass is 344 g/mol. The van der Waals surface area contributed by atoms with Gasteiger partial charge in [-0.3, -0.25) is 4.79 Å². The maximum atomic E-state index is 11.9. The number of benzene rings is 2. The minimum atomic E-state index is 0.00222. The first kappa shape index (κ1) is 16.0. The van der Waals surface area contributed by atoms with Gasteiger partial charge in [-0.15, -0.1) is 11.3 Å². The Morgan fingerprint density at radius 2 is 1.91 bits per heavy atom. The third kappa shape index (κ3) is 4.30. The van der Waals surface area contributed by atoms with Crippen molar-refractivity contribution in [3.63, 3.8) is 0 Å². The minimum absolute atomic E-state index is 0.00222. The summed E-state index contributed by atoms with van der Waals surface area (Å²) < 4.78 is 1.21. The lowest BCUT2D eigenvalue weighted by atomic mass is 10.1. The number of hydrogen-bond acceptors (Lipinski definition) is 3. The number of carbonyl (C=O) groups excluding carboxylic acids is 1. The average Bonchev–Trinajstić information content (AvgIpc) is 2.96. The van der Waals surface area contributed by atoms with E-state index in [0.717, 1.165) is 28.9 Å². The van der Waals surface area contributed by atoms with Gasteiger partial charge in [-0.1, -0.05) is 41.9 Å². The summed E-state index contributed by atoms with van der Waals surface area (Å²) in [7, 11) is 0. The van der Waals surface area contributed by atoms with Crippen molar-refractivity contribution in [2.75, 3.05) is 6.54 Å². The van der Waals surface area contributed by atoms with Gasteiger partial charge in [0.1, 0.15) is 0 Å². The molecule has 118 valence electrons. The second kappa shape index (κ2) is 7.57. The number of aryl methyl sites for hydroxylation is 1. The van der Waals surface area contributed by atoms with Crippen LogP contribution in [-0.2, 0) is 17.6 Å². The van der Waals surface area contributed by atoms with Crippen molar-refractivity contribution in [1.82, 2.24) is 10.3 Å². The molecule has 0 aliphatic heterocycles. The third-order valence-corrected chi connectivity index (χ3v) is 5.00. The Bertz CT molecular complexity index is 782. The number of halogens is 1. The number of aromatic nitrogens is 1. The van der Waals surface area contributed by atoms with Gasteiger partial charge in [0.05, 0.1) is 21.6 Å². The zero-order valence-corrected chi connectivity index (χ0v) is 14.2. The van der Waals surface area contributed by atoms with Crippen LogP contribution in [0.5, 0.6) is 0 Å². The Labute approximate surface area is 144 Å². The summed E-state index contributed by atoms with van der Waals surface area (Å²) in [6.07, 6.45) is 2.08. The molecule has 0 aliphatic rings. The van der Waals surface area contributed by atoms with Gasteiger partial charge in [-0.2, -0.15) is 0 Å². The molecule has 3 nitrogen and oxygen atoms in total. The van der Waals surface area contributed by atoms with E-state index >= 15 is 0 Å². The predicted molar refractivity (Wildman–Crippen MR) is 96.1 cm³/mol. The van der Waals surface area contributed by atoms with Crippen LogP contribution in [0.25, 0.3) is 10.2 Å². The maximum absolute atomic E-state index is 11.9. The van der Waals surface area contributed by atoms with Crippen LogP contribution in [0.2, 0.25) is 5.02 Å². The van der Waals surface area contributed by atoms with Gasteiger partial charge in [0.25, 0.3) is 0 Å². The number of hydrogen-bond donors (Lipinski definition) is 1. The van der Waals surface area contributed by atoms with Crippen LogP contribution >= 0.6 is 22.9 Å². The Morgan fingerprint density at radius 1 is 1.13 bits per heavy atom. The van der Waals surface area contributed by atoms with E-state index in [2.05, 4.69) is 16.4 Å². The maximum Gasteiger partial charge on any atom is 0.224 e. The molecule has 0 radical (unpaired) electrons. The summed E-state index contributed by atoms with van der Waals surface area (Å²) in [6.45, 7) is 0.652. The highest BCUT2D eigenvalue weighted by molar-refractivity contribution is 7.18. The van der Waals surface area contributed by atoms with Crippen molar-refractivity contribution in [3.8, 4) is 0 Å². The first-order valence-corrected chi connectivity index (χ1v) is 8.76. The van der Waals surface area contributed by atoms with Crippen LogP contribution in [0.1, 0.15) is 17.0 Å². The van der Waals surface area contributed by atoms with Crippen LogP contribution in [0, 0.1) is 0 Å². The topological polar surface area (TPSA) is 42.0 Å². The van der Waals surface area contributed by atoms with Gasteiger partial charge < -0.3 is 5.32 Å². The first-order chi connectivity index (χ1) is 11.2. The zero-order valence-electron chi connectivity index (χ0n) is 12.6. The van der Waals surface area contributed by atoms with E-state index in [0.29, 0.717) is 18.0 Å². The second-order valence-corrected chi connectivity index (χ2v) is 6.82. The molecule has 0 bridgehead atoms. The normalized spacial score (nSPS) is 10.8. The largest absolute Gasteiger partial charge is 0.356 e. The van der Waals surface area contributed by atoms with Crippen molar-refractivity contribution >= 4 is 39.1 Å². The molecule has 1 N–H and O–H groups in total. The number of nitrogens with one attached hydrogen (secondary N) is 1. The van der Waals surface area contributed by atoms with E-state index in [1.54, 1.807) is 17.4 Å². The first-order valence-electron chi connectivity index (χ1n) is 7.57. The zero-order chi connectivity index (χ0) is 16.1. The van der Waals surface area contributed by atoms with Gasteiger partial charge in [0.2, 0.25) is 5.91 Å². The summed E-state index contributed by atoms with van der Waals surface area (Å²) in [4.78, 5) is 16.5. The molecule has 0 spiro atoms. The van der Waals surface area contributed by atoms with Gasteiger partial charge in [0, 0.05) is 18.0 Å². The molecule has 0 unspecified atom stereocenters. The van der Waals surface area contributed by atoms with Crippen LogP contribution in [0.15, 0.2) is 48.5 Å². The predicted octanol–water partition coefficient (Wildman–Crippen LogP) is 4.24. The molecule has 0 saturated heterocycles. The van der Waals surface area contributed by atoms with Gasteiger partial charge in [-0.05, 0) is 30.2 Å². The number of thiazole rings is 1. The van der Waals surface area contributed by atoms with Gasteiger partial charge in [-0.25, -0.2) is 4.98 Å². The van der Waals surface area contributed by atoms with E-state index < -0.39 is 0 Å². The summed E-state index contributed by atoms with van der Waals surface area (Å²) in [6, 6.07) is 15.6. The van der Waals surface area contributed by atoms with E-state index in [-0.39, 0.29) is 5.91 Å². The van der Waals surface area contributed by atoms with Crippen LogP contribution in [0.4, 0.5) is 0 Å². The number of fused-ring (bicyclic) bond motifs is 1. The molecular formula is C18H17ClN2OS. The van der Waals surface area contributed by atoms with Crippen LogP contribution < -0.4 is 5.32 Å². The molecule has 23 heavy (non-hydrogen) atoms. The van der Waals surface area contributed by atoms with Crippen LogP contribution in [-0.4, -0.2) is 17.4 Å². The summed E-state index contributed by atoms with van der Waals surface area (Å²) in [5.74, 6) is 0.00222. The average molecular weight is 345 g/mol. The Hall–Kier alpha value is -1.91. The lowest BCUT2D eigenvalue weighted by molar-refractivity contribution is -0.120. The quantitative estimate of drug-likeness (QED) is 0.679. The number of rotatable bonds is 6. The van der Waals surface area contributed by atoms with E-state index in [1.807, 2.05) is 36.4 Å². The molecule has 1 amide bonds. The Kier molecular flexibility index (Phi) is 5.26. The van der Waals surface area contributed by atoms with Crippen molar-refractivity contribution in [1.29, 1.82) is 0 Å². The smallest absolute Gasteiger partial charge is 0.224 e. The summed E-state index contributed by atoms with van der Waals surface area (Å²) in [5.41, 5.74) is 1.91. The second-order valence-electron chi connectivity index (χ2n) is 5.30. The third-order valence-electron chi connectivity index (χ3n) is 3.54. The molecule has 1 heterocycles. The van der Waals surface area contributed by atoms with Crippen molar-refractivity contribution in [3.05, 3.63) is 64.1 Å².